The number of rotatable bonds is 3. The van der Waals surface area contributed by atoms with Gasteiger partial charge in [-0.15, -0.1) is 0 Å². The van der Waals surface area contributed by atoms with E-state index >= 15 is 0 Å². The summed E-state index contributed by atoms with van der Waals surface area (Å²) in [4.78, 5) is 12.1. The molecule has 2 aromatic carbocycles. The molecule has 0 saturated heterocycles. The van der Waals surface area contributed by atoms with Gasteiger partial charge in [-0.3, -0.25) is 4.79 Å². The number of ketones is 1. The third-order valence-electron chi connectivity index (χ3n) is 3.77. The standard InChI is InChI=1S/C19H18O3/c1-13-9-16(20)19-17(21)10-15(11-18(19)22-12-13)8-7-14-5-3-2-4-6-14/h2-6,9-11,21H,7-8,12H2,1H3. The Bertz CT molecular complexity index is 730. The van der Waals surface area contributed by atoms with Crippen LogP contribution in [-0.4, -0.2) is 17.5 Å². The fourth-order valence-electron chi connectivity index (χ4n) is 2.62. The average molecular weight is 294 g/mol. The van der Waals surface area contributed by atoms with Gasteiger partial charge in [0.15, 0.2) is 5.78 Å². The number of carbonyl (C=O) groups excluding carboxylic acids is 1. The highest BCUT2D eigenvalue weighted by Crippen LogP contribution is 2.33. The largest absolute Gasteiger partial charge is 0.507 e. The van der Waals surface area contributed by atoms with E-state index in [0.29, 0.717) is 12.4 Å². The zero-order valence-electron chi connectivity index (χ0n) is 12.5. The van der Waals surface area contributed by atoms with Crippen LogP contribution in [0, 0.1) is 0 Å². The van der Waals surface area contributed by atoms with Crippen LogP contribution in [0.3, 0.4) is 0 Å². The highest BCUT2D eigenvalue weighted by Gasteiger charge is 2.20. The molecule has 0 bridgehead atoms. The maximum atomic E-state index is 12.1. The number of carbonyl (C=O) groups is 1. The summed E-state index contributed by atoms with van der Waals surface area (Å²) in [5, 5.41) is 10.2. The second-order valence-electron chi connectivity index (χ2n) is 5.62. The summed E-state index contributed by atoms with van der Waals surface area (Å²) in [5.74, 6) is 0.273. The van der Waals surface area contributed by atoms with E-state index in [1.54, 1.807) is 6.07 Å². The van der Waals surface area contributed by atoms with Crippen molar-refractivity contribution in [1.82, 2.24) is 0 Å². The molecular formula is C19H18O3. The predicted molar refractivity (Wildman–Crippen MR) is 85.5 cm³/mol. The van der Waals surface area contributed by atoms with Crippen molar-refractivity contribution in [3.63, 3.8) is 0 Å². The van der Waals surface area contributed by atoms with E-state index in [9.17, 15) is 9.90 Å². The van der Waals surface area contributed by atoms with Crippen LogP contribution in [0.2, 0.25) is 0 Å². The molecule has 1 aliphatic rings. The van der Waals surface area contributed by atoms with Crippen LogP contribution in [0.1, 0.15) is 28.4 Å². The third-order valence-corrected chi connectivity index (χ3v) is 3.77. The first-order valence-electron chi connectivity index (χ1n) is 7.37. The monoisotopic (exact) mass is 294 g/mol. The lowest BCUT2D eigenvalue weighted by Gasteiger charge is -2.11. The Morgan fingerprint density at radius 2 is 1.82 bits per heavy atom. The molecule has 0 atom stereocenters. The van der Waals surface area contributed by atoms with Crippen molar-refractivity contribution in [2.75, 3.05) is 6.61 Å². The van der Waals surface area contributed by atoms with Gasteiger partial charge in [0.2, 0.25) is 0 Å². The molecule has 0 radical (unpaired) electrons. The zero-order valence-corrected chi connectivity index (χ0v) is 12.5. The van der Waals surface area contributed by atoms with Gasteiger partial charge in [-0.1, -0.05) is 30.3 Å². The van der Waals surface area contributed by atoms with Gasteiger partial charge in [-0.2, -0.15) is 0 Å². The molecule has 0 aromatic heterocycles. The number of fused-ring (bicyclic) bond motifs is 1. The summed E-state index contributed by atoms with van der Waals surface area (Å²) in [6.45, 7) is 2.22. The SMILES string of the molecule is CC1=CC(=O)c2c(O)cc(CCc3ccccc3)cc2OC1. The number of ether oxygens (including phenoxy) is 1. The van der Waals surface area contributed by atoms with Crippen LogP contribution in [0.15, 0.2) is 54.1 Å². The van der Waals surface area contributed by atoms with E-state index in [2.05, 4.69) is 12.1 Å². The van der Waals surface area contributed by atoms with Gasteiger partial charge in [0.25, 0.3) is 0 Å². The fourth-order valence-corrected chi connectivity index (χ4v) is 2.62. The van der Waals surface area contributed by atoms with Gasteiger partial charge in [0, 0.05) is 0 Å². The quantitative estimate of drug-likeness (QED) is 0.939. The Hall–Kier alpha value is -2.55. The summed E-state index contributed by atoms with van der Waals surface area (Å²) in [6, 6.07) is 13.7. The molecule has 0 amide bonds. The van der Waals surface area contributed by atoms with E-state index < -0.39 is 0 Å². The van der Waals surface area contributed by atoms with Gasteiger partial charge in [-0.25, -0.2) is 0 Å². The molecule has 1 N–H and O–H groups in total. The Labute approximate surface area is 129 Å². The van der Waals surface area contributed by atoms with Crippen molar-refractivity contribution in [3.05, 3.63) is 70.8 Å². The number of benzene rings is 2. The zero-order chi connectivity index (χ0) is 15.5. The van der Waals surface area contributed by atoms with Crippen LogP contribution < -0.4 is 4.74 Å². The number of hydrogen-bond donors (Lipinski definition) is 1. The highest BCUT2D eigenvalue weighted by molar-refractivity contribution is 6.09. The lowest BCUT2D eigenvalue weighted by molar-refractivity contribution is 0.104. The molecule has 0 fully saturated rings. The molecule has 1 heterocycles. The topological polar surface area (TPSA) is 46.5 Å². The van der Waals surface area contributed by atoms with Crippen molar-refractivity contribution in [2.45, 2.75) is 19.8 Å². The van der Waals surface area contributed by atoms with E-state index in [1.165, 1.54) is 11.6 Å². The number of aryl methyl sites for hydroxylation is 2. The van der Waals surface area contributed by atoms with Crippen LogP contribution in [0.25, 0.3) is 0 Å². The molecule has 0 spiro atoms. The summed E-state index contributed by atoms with van der Waals surface area (Å²) in [7, 11) is 0. The number of aromatic hydroxyl groups is 1. The summed E-state index contributed by atoms with van der Waals surface area (Å²) in [5.41, 5.74) is 3.32. The third kappa shape index (κ3) is 3.03. The number of allylic oxidation sites excluding steroid dienone is 1. The number of phenolic OH excluding ortho intramolecular Hbond substituents is 1. The Balaban J connectivity index is 1.84. The van der Waals surface area contributed by atoms with Gasteiger partial charge in [0.1, 0.15) is 23.7 Å². The van der Waals surface area contributed by atoms with E-state index in [1.807, 2.05) is 31.2 Å². The molecule has 0 saturated carbocycles. The molecule has 1 aliphatic heterocycles. The van der Waals surface area contributed by atoms with Crippen LogP contribution >= 0.6 is 0 Å². The smallest absolute Gasteiger partial charge is 0.193 e. The molecule has 22 heavy (non-hydrogen) atoms. The van der Waals surface area contributed by atoms with Crippen molar-refractivity contribution < 1.29 is 14.6 Å². The highest BCUT2D eigenvalue weighted by atomic mass is 16.5. The molecule has 3 nitrogen and oxygen atoms in total. The maximum absolute atomic E-state index is 12.1. The van der Waals surface area contributed by atoms with Gasteiger partial charge in [-0.05, 0) is 54.7 Å². The normalized spacial score (nSPS) is 13.9. The molecule has 2 aromatic rings. The summed E-state index contributed by atoms with van der Waals surface area (Å²) >= 11 is 0. The van der Waals surface area contributed by atoms with E-state index in [4.69, 9.17) is 4.74 Å². The lowest BCUT2D eigenvalue weighted by Crippen LogP contribution is -2.01. The Morgan fingerprint density at radius 3 is 2.59 bits per heavy atom. The van der Waals surface area contributed by atoms with Crippen molar-refractivity contribution in [2.24, 2.45) is 0 Å². The number of hydrogen-bond acceptors (Lipinski definition) is 3. The second kappa shape index (κ2) is 6.06. The maximum Gasteiger partial charge on any atom is 0.193 e. The van der Waals surface area contributed by atoms with Crippen LogP contribution in [-0.2, 0) is 12.8 Å². The summed E-state index contributed by atoms with van der Waals surface area (Å²) in [6.07, 6.45) is 3.19. The van der Waals surface area contributed by atoms with Crippen molar-refractivity contribution in [1.29, 1.82) is 0 Å². The Kier molecular flexibility index (Phi) is 3.96. The number of phenols is 1. The molecule has 3 heteroatoms. The molecule has 0 aliphatic carbocycles. The molecule has 112 valence electrons. The van der Waals surface area contributed by atoms with Crippen LogP contribution in [0.5, 0.6) is 11.5 Å². The fraction of sp³-hybridized carbons (Fsp3) is 0.211. The van der Waals surface area contributed by atoms with E-state index in [-0.39, 0.29) is 17.1 Å². The second-order valence-corrected chi connectivity index (χ2v) is 5.62. The Morgan fingerprint density at radius 1 is 1.09 bits per heavy atom. The minimum absolute atomic E-state index is 0.00323. The molecule has 0 unspecified atom stereocenters. The van der Waals surface area contributed by atoms with Gasteiger partial charge >= 0.3 is 0 Å². The molecular weight excluding hydrogens is 276 g/mol. The summed E-state index contributed by atoms with van der Waals surface area (Å²) < 4.78 is 5.66. The van der Waals surface area contributed by atoms with Gasteiger partial charge < -0.3 is 9.84 Å². The van der Waals surface area contributed by atoms with Gasteiger partial charge in [0.05, 0.1) is 0 Å². The van der Waals surface area contributed by atoms with Crippen LogP contribution in [0.4, 0.5) is 0 Å². The van der Waals surface area contributed by atoms with E-state index in [0.717, 1.165) is 24.0 Å². The predicted octanol–water partition coefficient (Wildman–Crippen LogP) is 3.70. The lowest BCUT2D eigenvalue weighted by atomic mass is 10.00. The minimum atomic E-state index is -0.197. The van der Waals surface area contributed by atoms with Crippen molar-refractivity contribution in [3.8, 4) is 11.5 Å². The average Bonchev–Trinajstić information content (AvgIpc) is 2.65. The first-order valence-corrected chi connectivity index (χ1v) is 7.37. The first-order chi connectivity index (χ1) is 10.6. The molecule has 3 rings (SSSR count). The minimum Gasteiger partial charge on any atom is -0.507 e. The van der Waals surface area contributed by atoms with Crippen molar-refractivity contribution >= 4 is 5.78 Å². The first kappa shape index (κ1) is 14.4.